The first-order valence-corrected chi connectivity index (χ1v) is 9.55. The summed E-state index contributed by atoms with van der Waals surface area (Å²) in [5.74, 6) is -13.1. The second kappa shape index (κ2) is 9.80. The first kappa shape index (κ1) is 22.3. The van der Waals surface area contributed by atoms with Crippen LogP contribution in [0.2, 0.25) is 0 Å². The molecule has 0 saturated heterocycles. The molecule has 0 heterocycles. The van der Waals surface area contributed by atoms with Crippen LogP contribution in [0.25, 0.3) is 0 Å². The lowest BCUT2D eigenvalue weighted by Crippen LogP contribution is -2.55. The van der Waals surface area contributed by atoms with Gasteiger partial charge in [-0.05, 0) is 20.8 Å². The molecule has 0 aliphatic rings. The van der Waals surface area contributed by atoms with Crippen LogP contribution in [0.3, 0.4) is 0 Å². The lowest BCUT2D eigenvalue weighted by molar-refractivity contribution is 0.0698. The number of nitrogens with one attached hydrogen (secondary N) is 1. The van der Waals surface area contributed by atoms with Gasteiger partial charge in [-0.3, -0.25) is 0 Å². The van der Waals surface area contributed by atoms with Gasteiger partial charge >= 0.3 is 14.9 Å². The highest BCUT2D eigenvalue weighted by atomic mass is 28.4. The predicted molar refractivity (Wildman–Crippen MR) is 80.9 cm³/mol. The maximum Gasteiger partial charge on any atom is 0.521 e. The van der Waals surface area contributed by atoms with Gasteiger partial charge in [0.2, 0.25) is 34.8 Å². The lowest BCUT2D eigenvalue weighted by atomic mass is 10.3. The number of carbonyl (C=O) groups is 1. The summed E-state index contributed by atoms with van der Waals surface area (Å²) in [5, 5.41) is 2.09. The fourth-order valence-corrected chi connectivity index (χ4v) is 4.16. The molecule has 1 aromatic rings. The van der Waals surface area contributed by atoms with Crippen LogP contribution in [-0.4, -0.2) is 40.9 Å². The van der Waals surface area contributed by atoms with E-state index in [-0.39, 0.29) is 26.0 Å². The fourth-order valence-electron chi connectivity index (χ4n) is 1.92. The maximum atomic E-state index is 13.5. The molecule has 0 aliphatic heterocycles. The van der Waals surface area contributed by atoms with Crippen molar-refractivity contribution in [3.63, 3.8) is 0 Å². The quantitative estimate of drug-likeness (QED) is 0.297. The average molecular weight is 403 g/mol. The SMILES string of the molecule is CCO[Si](CNC(=O)Oc1c(F)c(F)c(F)c(F)c1F)(OCC)OCC. The van der Waals surface area contributed by atoms with Crippen LogP contribution in [0.4, 0.5) is 26.7 Å². The third-order valence-electron chi connectivity index (χ3n) is 2.91. The third kappa shape index (κ3) is 5.12. The summed E-state index contributed by atoms with van der Waals surface area (Å²) in [6, 6.07) is 0. The summed E-state index contributed by atoms with van der Waals surface area (Å²) in [5.41, 5.74) is 0. The predicted octanol–water partition coefficient (Wildman–Crippen LogP) is 3.06. The van der Waals surface area contributed by atoms with Crippen molar-refractivity contribution in [1.29, 1.82) is 0 Å². The molecule has 0 bridgehead atoms. The van der Waals surface area contributed by atoms with Gasteiger partial charge in [-0.25, -0.2) is 18.0 Å². The zero-order chi connectivity index (χ0) is 19.9. The van der Waals surface area contributed by atoms with Crippen molar-refractivity contribution in [3.05, 3.63) is 29.1 Å². The smallest absolute Gasteiger partial charge is 0.404 e. The molecule has 0 aliphatic carbocycles. The average Bonchev–Trinajstić information content (AvgIpc) is 2.61. The van der Waals surface area contributed by atoms with E-state index in [2.05, 4.69) is 10.1 Å². The Kier molecular flexibility index (Phi) is 8.40. The molecule has 26 heavy (non-hydrogen) atoms. The van der Waals surface area contributed by atoms with Crippen LogP contribution in [-0.2, 0) is 13.3 Å². The summed E-state index contributed by atoms with van der Waals surface area (Å²) in [7, 11) is -3.34. The maximum absolute atomic E-state index is 13.5. The zero-order valence-electron chi connectivity index (χ0n) is 14.3. The standard InChI is InChI=1S/C14H18F5NO5Si/c1-4-22-26(23-5-2,24-6-3)7-20-14(21)25-13-11(18)9(16)8(15)10(17)12(13)19/h4-7H2,1-3H3,(H,20,21). The second-order valence-corrected chi connectivity index (χ2v) is 7.21. The van der Waals surface area contributed by atoms with Crippen molar-refractivity contribution in [2.75, 3.05) is 26.0 Å². The molecule has 148 valence electrons. The van der Waals surface area contributed by atoms with Crippen LogP contribution in [0, 0.1) is 29.1 Å². The Morgan fingerprint density at radius 2 is 1.19 bits per heavy atom. The van der Waals surface area contributed by atoms with Gasteiger partial charge in [0.15, 0.2) is 0 Å². The highest BCUT2D eigenvalue weighted by Gasteiger charge is 2.41. The van der Waals surface area contributed by atoms with Crippen molar-refractivity contribution in [2.45, 2.75) is 20.8 Å². The monoisotopic (exact) mass is 403 g/mol. The van der Waals surface area contributed by atoms with E-state index in [1.165, 1.54) is 0 Å². The number of carbonyl (C=O) groups excluding carboxylic acids is 1. The van der Waals surface area contributed by atoms with Crippen LogP contribution in [0.1, 0.15) is 20.8 Å². The lowest BCUT2D eigenvalue weighted by Gasteiger charge is -2.28. The molecule has 0 unspecified atom stereocenters. The molecule has 1 N–H and O–H groups in total. The van der Waals surface area contributed by atoms with Gasteiger partial charge < -0.3 is 23.3 Å². The summed E-state index contributed by atoms with van der Waals surface area (Å²) in [4.78, 5) is 11.7. The Labute approximate surface area is 147 Å². The number of rotatable bonds is 9. The Morgan fingerprint density at radius 3 is 1.58 bits per heavy atom. The Balaban J connectivity index is 2.92. The van der Waals surface area contributed by atoms with Crippen molar-refractivity contribution in [3.8, 4) is 5.75 Å². The molecule has 0 atom stereocenters. The fraction of sp³-hybridized carbons (Fsp3) is 0.500. The summed E-state index contributed by atoms with van der Waals surface area (Å²) >= 11 is 0. The van der Waals surface area contributed by atoms with Crippen molar-refractivity contribution >= 4 is 14.9 Å². The zero-order valence-corrected chi connectivity index (χ0v) is 15.3. The van der Waals surface area contributed by atoms with Crippen LogP contribution in [0.15, 0.2) is 0 Å². The minimum atomic E-state index is -3.34. The largest absolute Gasteiger partial charge is 0.521 e. The molecule has 0 radical (unpaired) electrons. The van der Waals surface area contributed by atoms with Gasteiger partial charge in [-0.15, -0.1) is 0 Å². The normalized spacial score (nSPS) is 11.5. The van der Waals surface area contributed by atoms with E-state index in [0.29, 0.717) is 0 Å². The van der Waals surface area contributed by atoms with Crippen molar-refractivity contribution in [2.24, 2.45) is 0 Å². The van der Waals surface area contributed by atoms with Gasteiger partial charge in [0, 0.05) is 19.8 Å². The molecular formula is C14H18F5NO5Si. The van der Waals surface area contributed by atoms with Crippen molar-refractivity contribution < 1.29 is 44.8 Å². The molecule has 0 fully saturated rings. The Bertz CT molecular complexity index is 603. The molecule has 0 saturated carbocycles. The number of amides is 1. The minimum absolute atomic E-state index is 0.195. The van der Waals surface area contributed by atoms with Crippen LogP contribution < -0.4 is 10.1 Å². The molecular weight excluding hydrogens is 385 g/mol. The van der Waals surface area contributed by atoms with E-state index in [1.54, 1.807) is 20.8 Å². The van der Waals surface area contributed by atoms with E-state index in [1.807, 2.05) is 0 Å². The molecule has 0 aromatic heterocycles. The van der Waals surface area contributed by atoms with Gasteiger partial charge in [0.1, 0.15) is 0 Å². The number of halogens is 5. The molecule has 0 spiro atoms. The van der Waals surface area contributed by atoms with Gasteiger partial charge in [-0.2, -0.15) is 8.78 Å². The first-order valence-electron chi connectivity index (χ1n) is 7.61. The van der Waals surface area contributed by atoms with Gasteiger partial charge in [0.05, 0.1) is 6.17 Å². The van der Waals surface area contributed by atoms with Crippen molar-refractivity contribution in [1.82, 2.24) is 5.32 Å². The topological polar surface area (TPSA) is 66.0 Å². The highest BCUT2D eigenvalue weighted by Crippen LogP contribution is 2.29. The number of hydrogen-bond acceptors (Lipinski definition) is 5. The minimum Gasteiger partial charge on any atom is -0.404 e. The van der Waals surface area contributed by atoms with E-state index in [9.17, 15) is 26.7 Å². The highest BCUT2D eigenvalue weighted by molar-refractivity contribution is 6.61. The third-order valence-corrected chi connectivity index (χ3v) is 5.70. The summed E-state index contributed by atoms with van der Waals surface area (Å²) < 4.78 is 86.7. The van der Waals surface area contributed by atoms with Gasteiger partial charge in [0.25, 0.3) is 0 Å². The van der Waals surface area contributed by atoms with Gasteiger partial charge in [-0.1, -0.05) is 0 Å². The van der Waals surface area contributed by atoms with E-state index in [0.717, 1.165) is 0 Å². The molecule has 1 rings (SSSR count). The van der Waals surface area contributed by atoms with E-state index in [4.69, 9.17) is 13.3 Å². The summed E-state index contributed by atoms with van der Waals surface area (Å²) in [6.45, 7) is 5.56. The van der Waals surface area contributed by atoms with E-state index < -0.39 is 49.7 Å². The first-order chi connectivity index (χ1) is 12.2. The second-order valence-electron chi connectivity index (χ2n) is 4.62. The van der Waals surface area contributed by atoms with E-state index >= 15 is 0 Å². The molecule has 1 amide bonds. The Hall–Kier alpha value is -1.76. The molecule has 12 heteroatoms. The number of hydrogen-bond donors (Lipinski definition) is 1. The molecule has 6 nitrogen and oxygen atoms in total. The number of benzene rings is 1. The number of ether oxygens (including phenoxy) is 1. The summed E-state index contributed by atoms with van der Waals surface area (Å²) in [6.07, 6.45) is -1.80. The Morgan fingerprint density at radius 1 is 0.808 bits per heavy atom. The van der Waals surface area contributed by atoms with Crippen LogP contribution >= 0.6 is 0 Å². The van der Waals surface area contributed by atoms with Crippen LogP contribution in [0.5, 0.6) is 5.75 Å². The molecule has 1 aromatic carbocycles.